The van der Waals surface area contributed by atoms with Crippen molar-refractivity contribution in [1.82, 2.24) is 0 Å². The summed E-state index contributed by atoms with van der Waals surface area (Å²) in [4.78, 5) is 12.1. The molecule has 0 aliphatic rings. The highest BCUT2D eigenvalue weighted by atomic mass is 79.9. The van der Waals surface area contributed by atoms with Gasteiger partial charge in [0.25, 0.3) is 5.91 Å². The molecule has 0 spiro atoms. The molecule has 1 amide bonds. The van der Waals surface area contributed by atoms with Crippen LogP contribution in [0.2, 0.25) is 0 Å². The molecular formula is C13H9Br2FN2O. The summed E-state index contributed by atoms with van der Waals surface area (Å²) in [5.41, 5.74) is 6.39. The lowest BCUT2D eigenvalue weighted by Gasteiger charge is -2.09. The fourth-order valence-corrected chi connectivity index (χ4v) is 2.29. The van der Waals surface area contributed by atoms with E-state index in [0.717, 1.165) is 4.47 Å². The van der Waals surface area contributed by atoms with Gasteiger partial charge in [-0.3, -0.25) is 4.79 Å². The van der Waals surface area contributed by atoms with Crippen LogP contribution in [0.3, 0.4) is 0 Å². The van der Waals surface area contributed by atoms with Gasteiger partial charge in [-0.25, -0.2) is 4.39 Å². The van der Waals surface area contributed by atoms with Gasteiger partial charge in [-0.1, -0.05) is 15.9 Å². The van der Waals surface area contributed by atoms with E-state index in [9.17, 15) is 9.18 Å². The monoisotopic (exact) mass is 386 g/mol. The van der Waals surface area contributed by atoms with Gasteiger partial charge in [0.15, 0.2) is 0 Å². The Morgan fingerprint density at radius 2 is 1.89 bits per heavy atom. The van der Waals surface area contributed by atoms with Crippen LogP contribution >= 0.6 is 31.9 Å². The lowest BCUT2D eigenvalue weighted by molar-refractivity contribution is 0.102. The number of amides is 1. The first-order chi connectivity index (χ1) is 8.97. The molecular weight excluding hydrogens is 379 g/mol. The number of hydrogen-bond donors (Lipinski definition) is 2. The van der Waals surface area contributed by atoms with E-state index in [1.54, 1.807) is 18.2 Å². The molecule has 2 rings (SSSR count). The summed E-state index contributed by atoms with van der Waals surface area (Å²) in [6.45, 7) is 0. The minimum Gasteiger partial charge on any atom is -0.399 e. The first-order valence-electron chi connectivity index (χ1n) is 5.29. The predicted octanol–water partition coefficient (Wildman–Crippen LogP) is 4.19. The molecule has 0 heterocycles. The van der Waals surface area contributed by atoms with E-state index >= 15 is 0 Å². The van der Waals surface area contributed by atoms with Crippen molar-refractivity contribution in [2.24, 2.45) is 0 Å². The zero-order valence-corrected chi connectivity index (χ0v) is 12.8. The number of hydrogen-bond acceptors (Lipinski definition) is 2. The second kappa shape index (κ2) is 5.71. The molecule has 0 saturated carbocycles. The molecule has 0 aromatic heterocycles. The fourth-order valence-electron chi connectivity index (χ4n) is 1.50. The van der Waals surface area contributed by atoms with Gasteiger partial charge in [-0.15, -0.1) is 0 Å². The molecule has 0 unspecified atom stereocenters. The third kappa shape index (κ3) is 3.33. The van der Waals surface area contributed by atoms with Gasteiger partial charge in [0, 0.05) is 14.6 Å². The lowest BCUT2D eigenvalue weighted by atomic mass is 10.2. The molecule has 0 aliphatic carbocycles. The first-order valence-corrected chi connectivity index (χ1v) is 6.87. The van der Waals surface area contributed by atoms with Crippen molar-refractivity contribution in [2.75, 3.05) is 11.1 Å². The van der Waals surface area contributed by atoms with E-state index in [4.69, 9.17) is 5.73 Å². The van der Waals surface area contributed by atoms with Gasteiger partial charge in [-0.05, 0) is 52.3 Å². The third-order valence-corrected chi connectivity index (χ3v) is 3.60. The Hall–Kier alpha value is -1.40. The number of nitrogens with one attached hydrogen (secondary N) is 1. The van der Waals surface area contributed by atoms with Crippen molar-refractivity contribution in [3.63, 3.8) is 0 Å². The minimum atomic E-state index is -0.534. The molecule has 98 valence electrons. The average molecular weight is 388 g/mol. The highest BCUT2D eigenvalue weighted by Crippen LogP contribution is 2.24. The van der Waals surface area contributed by atoms with E-state index in [0.29, 0.717) is 15.7 Å². The standard InChI is InChI=1S/C13H9Br2FN2O/c14-7-1-3-10(15)9(5-7)13(19)18-12-6-8(17)2-4-11(12)16/h1-6H,17H2,(H,18,19). The van der Waals surface area contributed by atoms with E-state index in [2.05, 4.69) is 37.2 Å². The predicted molar refractivity (Wildman–Crippen MR) is 80.6 cm³/mol. The summed E-state index contributed by atoms with van der Waals surface area (Å²) in [6, 6.07) is 9.18. The van der Waals surface area contributed by atoms with Crippen molar-refractivity contribution in [1.29, 1.82) is 0 Å². The van der Waals surface area contributed by atoms with Crippen molar-refractivity contribution in [3.8, 4) is 0 Å². The lowest BCUT2D eigenvalue weighted by Crippen LogP contribution is -2.14. The summed E-state index contributed by atoms with van der Waals surface area (Å²) in [7, 11) is 0. The van der Waals surface area contributed by atoms with Crippen LogP contribution in [0.4, 0.5) is 15.8 Å². The summed E-state index contributed by atoms with van der Waals surface area (Å²) in [6.07, 6.45) is 0. The molecule has 19 heavy (non-hydrogen) atoms. The van der Waals surface area contributed by atoms with Gasteiger partial charge in [-0.2, -0.15) is 0 Å². The Morgan fingerprint density at radius 3 is 2.63 bits per heavy atom. The smallest absolute Gasteiger partial charge is 0.256 e. The minimum absolute atomic E-state index is 0.0527. The average Bonchev–Trinajstić information content (AvgIpc) is 2.36. The molecule has 0 aliphatic heterocycles. The van der Waals surface area contributed by atoms with Crippen LogP contribution in [0, 0.1) is 5.82 Å². The Morgan fingerprint density at radius 1 is 1.16 bits per heavy atom. The third-order valence-electron chi connectivity index (χ3n) is 2.41. The highest BCUT2D eigenvalue weighted by Gasteiger charge is 2.13. The molecule has 6 heteroatoms. The Kier molecular flexibility index (Phi) is 4.21. The van der Waals surface area contributed by atoms with E-state index in [1.807, 2.05) is 0 Å². The summed E-state index contributed by atoms with van der Waals surface area (Å²) < 4.78 is 14.9. The zero-order valence-electron chi connectivity index (χ0n) is 9.58. The van der Waals surface area contributed by atoms with E-state index < -0.39 is 11.7 Å². The van der Waals surface area contributed by atoms with Gasteiger partial charge >= 0.3 is 0 Å². The van der Waals surface area contributed by atoms with E-state index in [1.165, 1.54) is 18.2 Å². The quantitative estimate of drug-likeness (QED) is 0.759. The van der Waals surface area contributed by atoms with Gasteiger partial charge in [0.2, 0.25) is 0 Å². The first kappa shape index (κ1) is 14.0. The van der Waals surface area contributed by atoms with Crippen LogP contribution in [-0.2, 0) is 0 Å². The number of rotatable bonds is 2. The molecule has 3 nitrogen and oxygen atoms in total. The second-order valence-corrected chi connectivity index (χ2v) is 5.59. The Bertz CT molecular complexity index is 647. The summed E-state index contributed by atoms with van der Waals surface area (Å²) >= 11 is 6.56. The van der Waals surface area contributed by atoms with Crippen molar-refractivity contribution >= 4 is 49.1 Å². The number of carbonyl (C=O) groups excluding carboxylic acids is 1. The van der Waals surface area contributed by atoms with Gasteiger partial charge in [0.05, 0.1) is 11.3 Å². The van der Waals surface area contributed by atoms with Crippen LogP contribution in [0.15, 0.2) is 45.3 Å². The van der Waals surface area contributed by atoms with Crippen molar-refractivity contribution in [3.05, 3.63) is 56.7 Å². The molecule has 3 N–H and O–H groups in total. The summed E-state index contributed by atoms with van der Waals surface area (Å²) in [5, 5.41) is 2.49. The second-order valence-electron chi connectivity index (χ2n) is 3.82. The van der Waals surface area contributed by atoms with Crippen molar-refractivity contribution in [2.45, 2.75) is 0 Å². The van der Waals surface area contributed by atoms with E-state index in [-0.39, 0.29) is 5.69 Å². The largest absolute Gasteiger partial charge is 0.399 e. The maximum atomic E-state index is 13.5. The SMILES string of the molecule is Nc1ccc(F)c(NC(=O)c2cc(Br)ccc2Br)c1. The zero-order chi connectivity index (χ0) is 14.0. The normalized spacial score (nSPS) is 10.3. The molecule has 0 radical (unpaired) electrons. The fraction of sp³-hybridized carbons (Fsp3) is 0. The van der Waals surface area contributed by atoms with Gasteiger partial charge in [0.1, 0.15) is 5.82 Å². The van der Waals surface area contributed by atoms with Crippen LogP contribution in [-0.4, -0.2) is 5.91 Å². The number of anilines is 2. The highest BCUT2D eigenvalue weighted by molar-refractivity contribution is 9.11. The van der Waals surface area contributed by atoms with Crippen molar-refractivity contribution < 1.29 is 9.18 Å². The maximum Gasteiger partial charge on any atom is 0.256 e. The molecule has 0 bridgehead atoms. The number of carbonyl (C=O) groups is 1. The van der Waals surface area contributed by atoms with Crippen LogP contribution in [0.25, 0.3) is 0 Å². The molecule has 0 atom stereocenters. The number of nitrogen functional groups attached to an aromatic ring is 1. The van der Waals surface area contributed by atoms with Crippen LogP contribution in [0.1, 0.15) is 10.4 Å². The summed E-state index contributed by atoms with van der Waals surface area (Å²) in [5.74, 6) is -0.952. The number of benzene rings is 2. The molecule has 0 fully saturated rings. The van der Waals surface area contributed by atoms with Crippen LogP contribution in [0.5, 0.6) is 0 Å². The molecule has 2 aromatic rings. The Labute approximate surface area is 126 Å². The Balaban J connectivity index is 2.30. The van der Waals surface area contributed by atoms with Crippen LogP contribution < -0.4 is 11.1 Å². The molecule has 2 aromatic carbocycles. The molecule has 0 saturated heterocycles. The maximum absolute atomic E-state index is 13.5. The topological polar surface area (TPSA) is 55.1 Å². The number of nitrogens with two attached hydrogens (primary N) is 1. The van der Waals surface area contributed by atoms with Gasteiger partial charge < -0.3 is 11.1 Å². The number of halogens is 3.